The van der Waals surface area contributed by atoms with Crippen LogP contribution in [0.3, 0.4) is 0 Å². The van der Waals surface area contributed by atoms with E-state index >= 15 is 0 Å². The molecule has 0 heterocycles. The molecule has 0 saturated carbocycles. The van der Waals surface area contributed by atoms with E-state index in [1.54, 1.807) is 18.2 Å². The van der Waals surface area contributed by atoms with Crippen LogP contribution in [0.4, 0.5) is 0 Å². The number of nitrogens with one attached hydrogen (secondary N) is 1. The predicted octanol–water partition coefficient (Wildman–Crippen LogP) is 1.24. The van der Waals surface area contributed by atoms with Crippen molar-refractivity contribution in [1.82, 2.24) is 5.32 Å². The summed E-state index contributed by atoms with van der Waals surface area (Å²) in [6.45, 7) is 1.80. The second-order valence-electron chi connectivity index (χ2n) is 3.42. The largest absolute Gasteiger partial charge is 0.507 e. The van der Waals surface area contributed by atoms with Crippen molar-refractivity contribution in [3.63, 3.8) is 0 Å². The van der Waals surface area contributed by atoms with Gasteiger partial charge in [0.05, 0.1) is 0 Å². The third-order valence-corrected chi connectivity index (χ3v) is 2.03. The molecule has 1 aromatic carbocycles. The zero-order chi connectivity index (χ0) is 12.8. The number of carbonyl (C=O) groups excluding carboxylic acids is 1. The van der Waals surface area contributed by atoms with Gasteiger partial charge in [-0.15, -0.1) is 0 Å². The molecule has 0 fully saturated rings. The number of hydrogen-bond acceptors (Lipinski definition) is 3. The van der Waals surface area contributed by atoms with Crippen molar-refractivity contribution in [3.05, 3.63) is 35.4 Å². The lowest BCUT2D eigenvalue weighted by atomic mass is 10.1. The van der Waals surface area contributed by atoms with Crippen molar-refractivity contribution in [2.75, 3.05) is 6.54 Å². The number of carboxylic acids is 1. The first-order chi connectivity index (χ1) is 8.00. The van der Waals surface area contributed by atoms with E-state index in [4.69, 9.17) is 5.11 Å². The number of carboxylic acid groups (broad SMARTS) is 1. The Morgan fingerprint density at radius 2 is 2.12 bits per heavy atom. The number of amides is 1. The lowest BCUT2D eigenvalue weighted by Gasteiger charge is -2.00. The Bertz CT molecular complexity index is 466. The molecule has 5 heteroatoms. The van der Waals surface area contributed by atoms with Gasteiger partial charge in [0.1, 0.15) is 11.3 Å². The molecule has 0 aliphatic carbocycles. The quantitative estimate of drug-likeness (QED) is 0.732. The van der Waals surface area contributed by atoms with Crippen molar-refractivity contribution < 1.29 is 19.8 Å². The van der Waals surface area contributed by atoms with Crippen LogP contribution in [0.2, 0.25) is 0 Å². The Morgan fingerprint density at radius 1 is 1.41 bits per heavy atom. The van der Waals surface area contributed by atoms with E-state index in [0.717, 1.165) is 0 Å². The van der Waals surface area contributed by atoms with Crippen LogP contribution in [-0.4, -0.2) is 28.6 Å². The molecule has 0 spiro atoms. The normalized spacial score (nSPS) is 10.4. The highest BCUT2D eigenvalue weighted by Crippen LogP contribution is 2.19. The maximum atomic E-state index is 10.6. The molecule has 0 aromatic heterocycles. The van der Waals surface area contributed by atoms with Gasteiger partial charge in [0, 0.05) is 13.5 Å². The average molecular weight is 235 g/mol. The Morgan fingerprint density at radius 3 is 2.65 bits per heavy atom. The van der Waals surface area contributed by atoms with E-state index in [0.29, 0.717) is 12.1 Å². The zero-order valence-electron chi connectivity index (χ0n) is 9.30. The van der Waals surface area contributed by atoms with E-state index in [9.17, 15) is 14.7 Å². The molecular formula is C12H13NO4. The molecule has 90 valence electrons. The minimum absolute atomic E-state index is 0.126. The summed E-state index contributed by atoms with van der Waals surface area (Å²) in [6, 6.07) is 4.26. The number of aromatic carboxylic acids is 1. The lowest BCUT2D eigenvalue weighted by molar-refractivity contribution is -0.118. The van der Waals surface area contributed by atoms with Crippen LogP contribution >= 0.6 is 0 Å². The van der Waals surface area contributed by atoms with Crippen molar-refractivity contribution in [1.29, 1.82) is 0 Å². The molecule has 0 radical (unpaired) electrons. The second-order valence-corrected chi connectivity index (χ2v) is 3.42. The summed E-state index contributed by atoms with van der Waals surface area (Å²) in [5, 5.41) is 20.7. The minimum atomic E-state index is -1.17. The summed E-state index contributed by atoms with van der Waals surface area (Å²) < 4.78 is 0. The van der Waals surface area contributed by atoms with Gasteiger partial charge >= 0.3 is 5.97 Å². The Balaban J connectivity index is 2.70. The monoisotopic (exact) mass is 235 g/mol. The van der Waals surface area contributed by atoms with Gasteiger partial charge in [0.2, 0.25) is 5.91 Å². The SMILES string of the molecule is CC(=O)NCC=Cc1ccc(C(=O)O)c(O)c1. The van der Waals surface area contributed by atoms with E-state index in [1.807, 2.05) is 0 Å². The van der Waals surface area contributed by atoms with Crippen LogP contribution in [0.25, 0.3) is 6.08 Å². The Hall–Kier alpha value is -2.30. The molecule has 0 aliphatic heterocycles. The maximum Gasteiger partial charge on any atom is 0.339 e. The number of phenols is 1. The molecule has 1 rings (SSSR count). The van der Waals surface area contributed by atoms with Crippen LogP contribution in [-0.2, 0) is 4.79 Å². The molecule has 1 amide bonds. The first kappa shape index (κ1) is 12.8. The van der Waals surface area contributed by atoms with E-state index in [2.05, 4.69) is 5.32 Å². The molecular weight excluding hydrogens is 222 g/mol. The molecule has 1 aromatic rings. The van der Waals surface area contributed by atoms with Gasteiger partial charge in [-0.3, -0.25) is 4.79 Å². The highest BCUT2D eigenvalue weighted by atomic mass is 16.4. The van der Waals surface area contributed by atoms with Gasteiger partial charge in [-0.1, -0.05) is 18.2 Å². The first-order valence-corrected chi connectivity index (χ1v) is 4.98. The molecule has 0 unspecified atom stereocenters. The van der Waals surface area contributed by atoms with Gasteiger partial charge in [0.15, 0.2) is 0 Å². The predicted molar refractivity (Wildman–Crippen MR) is 62.8 cm³/mol. The molecule has 0 saturated heterocycles. The third-order valence-electron chi connectivity index (χ3n) is 2.03. The molecule has 3 N–H and O–H groups in total. The van der Waals surface area contributed by atoms with Gasteiger partial charge in [-0.2, -0.15) is 0 Å². The highest BCUT2D eigenvalue weighted by Gasteiger charge is 2.08. The maximum absolute atomic E-state index is 10.6. The van der Waals surface area contributed by atoms with E-state index < -0.39 is 5.97 Å². The standard InChI is InChI=1S/C12H13NO4/c1-8(14)13-6-2-3-9-4-5-10(12(16)17)11(15)7-9/h2-5,7,15H,6H2,1H3,(H,13,14)(H,16,17). The topological polar surface area (TPSA) is 86.6 Å². The third kappa shape index (κ3) is 3.98. The van der Waals surface area contributed by atoms with Crippen LogP contribution < -0.4 is 5.32 Å². The van der Waals surface area contributed by atoms with Crippen LogP contribution in [0.15, 0.2) is 24.3 Å². The fourth-order valence-corrected chi connectivity index (χ4v) is 1.23. The van der Waals surface area contributed by atoms with Crippen LogP contribution in [0.1, 0.15) is 22.8 Å². The summed E-state index contributed by atoms with van der Waals surface area (Å²) in [6.07, 6.45) is 3.39. The molecule has 0 atom stereocenters. The molecule has 5 nitrogen and oxygen atoms in total. The lowest BCUT2D eigenvalue weighted by Crippen LogP contribution is -2.19. The average Bonchev–Trinajstić information content (AvgIpc) is 2.23. The van der Waals surface area contributed by atoms with Gasteiger partial charge in [-0.25, -0.2) is 4.79 Å². The number of hydrogen-bond donors (Lipinski definition) is 3. The zero-order valence-corrected chi connectivity index (χ0v) is 9.30. The minimum Gasteiger partial charge on any atom is -0.507 e. The van der Waals surface area contributed by atoms with Crippen molar-refractivity contribution in [2.45, 2.75) is 6.92 Å². The number of carbonyl (C=O) groups is 2. The van der Waals surface area contributed by atoms with Crippen molar-refractivity contribution in [2.24, 2.45) is 0 Å². The van der Waals surface area contributed by atoms with Gasteiger partial charge < -0.3 is 15.5 Å². The fourth-order valence-electron chi connectivity index (χ4n) is 1.23. The number of aromatic hydroxyl groups is 1. The van der Waals surface area contributed by atoms with Gasteiger partial charge in [0.25, 0.3) is 0 Å². The van der Waals surface area contributed by atoms with Crippen LogP contribution in [0.5, 0.6) is 5.75 Å². The number of benzene rings is 1. The molecule has 0 bridgehead atoms. The summed E-state index contributed by atoms with van der Waals surface area (Å²) >= 11 is 0. The van der Waals surface area contributed by atoms with Gasteiger partial charge in [-0.05, 0) is 17.7 Å². The Labute approximate surface area is 98.4 Å². The van der Waals surface area contributed by atoms with E-state index in [1.165, 1.54) is 19.1 Å². The fraction of sp³-hybridized carbons (Fsp3) is 0.167. The first-order valence-electron chi connectivity index (χ1n) is 4.98. The molecule has 0 aliphatic rings. The molecule has 17 heavy (non-hydrogen) atoms. The summed E-state index contributed by atoms with van der Waals surface area (Å²) in [7, 11) is 0. The van der Waals surface area contributed by atoms with E-state index in [-0.39, 0.29) is 17.2 Å². The summed E-state index contributed by atoms with van der Waals surface area (Å²) in [5.41, 5.74) is 0.530. The Kier molecular flexibility index (Phi) is 4.28. The van der Waals surface area contributed by atoms with Crippen LogP contribution in [0, 0.1) is 0 Å². The second kappa shape index (κ2) is 5.69. The van der Waals surface area contributed by atoms with Crippen molar-refractivity contribution >= 4 is 18.0 Å². The summed E-state index contributed by atoms with van der Waals surface area (Å²) in [5.74, 6) is -1.57. The number of rotatable bonds is 4. The smallest absolute Gasteiger partial charge is 0.339 e. The van der Waals surface area contributed by atoms with Crippen molar-refractivity contribution in [3.8, 4) is 5.75 Å². The highest BCUT2D eigenvalue weighted by molar-refractivity contribution is 5.91. The summed E-state index contributed by atoms with van der Waals surface area (Å²) in [4.78, 5) is 21.2.